The maximum Gasteiger partial charge on any atom is 0.417 e. The number of nitrogens with one attached hydrogen (secondary N) is 2. The highest BCUT2D eigenvalue weighted by Crippen LogP contribution is 2.31. The first-order valence-corrected chi connectivity index (χ1v) is 8.95. The molecule has 0 atom stereocenters. The molecule has 4 aromatic rings. The van der Waals surface area contributed by atoms with E-state index in [9.17, 15) is 10.1 Å². The van der Waals surface area contributed by atoms with Gasteiger partial charge in [0.05, 0.1) is 16.8 Å². The first-order chi connectivity index (χ1) is 13.7. The molecule has 1 fully saturated rings. The van der Waals surface area contributed by atoms with Crippen molar-refractivity contribution in [2.24, 2.45) is 5.92 Å². The summed E-state index contributed by atoms with van der Waals surface area (Å²) in [5, 5.41) is 16.8. The Labute approximate surface area is 158 Å². The number of hydrogen-bond acceptors (Lipinski definition) is 7. The molecule has 0 saturated heterocycles. The van der Waals surface area contributed by atoms with E-state index in [0.717, 1.165) is 12.2 Å². The van der Waals surface area contributed by atoms with Crippen LogP contribution in [0.2, 0.25) is 0 Å². The van der Waals surface area contributed by atoms with Gasteiger partial charge in [-0.15, -0.1) is 0 Å². The number of fused-ring (bicyclic) bond motifs is 1. The molecule has 28 heavy (non-hydrogen) atoms. The molecule has 8 nitrogen and oxygen atoms in total. The van der Waals surface area contributed by atoms with Gasteiger partial charge in [0.25, 0.3) is 5.89 Å². The Hall–Kier alpha value is -3.86. The van der Waals surface area contributed by atoms with E-state index in [4.69, 9.17) is 8.94 Å². The number of nitrogens with zero attached hydrogens (tertiary/aromatic N) is 3. The summed E-state index contributed by atoms with van der Waals surface area (Å²) < 4.78 is 10.4. The van der Waals surface area contributed by atoms with Crippen LogP contribution in [0.5, 0.6) is 0 Å². The van der Waals surface area contributed by atoms with Crippen molar-refractivity contribution in [3.8, 4) is 28.9 Å². The lowest BCUT2D eigenvalue weighted by Crippen LogP contribution is -2.04. The van der Waals surface area contributed by atoms with Crippen LogP contribution in [0.3, 0.4) is 0 Å². The summed E-state index contributed by atoms with van der Waals surface area (Å²) in [6.07, 6.45) is 2.49. The number of nitriles is 1. The van der Waals surface area contributed by atoms with Gasteiger partial charge in [-0.3, -0.25) is 4.98 Å². The van der Waals surface area contributed by atoms with Crippen LogP contribution in [0, 0.1) is 17.2 Å². The Morgan fingerprint density at radius 2 is 2.07 bits per heavy atom. The summed E-state index contributed by atoms with van der Waals surface area (Å²) in [5.41, 5.74) is 3.73. The second-order valence-corrected chi connectivity index (χ2v) is 6.85. The molecular weight excluding hydrogens is 358 g/mol. The molecule has 0 amide bonds. The van der Waals surface area contributed by atoms with Gasteiger partial charge in [0.15, 0.2) is 5.58 Å². The largest absolute Gasteiger partial charge is 0.417 e. The molecule has 0 radical (unpaired) electrons. The average Bonchev–Trinajstić information content (AvgIpc) is 3.26. The van der Waals surface area contributed by atoms with Crippen molar-refractivity contribution in [3.63, 3.8) is 0 Å². The highest BCUT2D eigenvalue weighted by molar-refractivity contribution is 5.78. The fraction of sp³-hybridized carbons (Fsp3) is 0.200. The van der Waals surface area contributed by atoms with Crippen molar-refractivity contribution in [1.29, 1.82) is 5.26 Å². The third-order valence-electron chi connectivity index (χ3n) is 4.77. The van der Waals surface area contributed by atoms with Gasteiger partial charge in [-0.25, -0.2) is 4.79 Å². The van der Waals surface area contributed by atoms with Gasteiger partial charge in [0, 0.05) is 17.7 Å². The van der Waals surface area contributed by atoms with Crippen LogP contribution in [-0.4, -0.2) is 21.7 Å². The van der Waals surface area contributed by atoms with E-state index < -0.39 is 5.76 Å². The summed E-state index contributed by atoms with van der Waals surface area (Å²) in [7, 11) is 0. The van der Waals surface area contributed by atoms with Crippen LogP contribution in [0.25, 0.3) is 33.9 Å². The van der Waals surface area contributed by atoms with Gasteiger partial charge in [0.1, 0.15) is 6.07 Å². The Bertz CT molecular complexity index is 1270. The number of oxazole rings is 1. The predicted molar refractivity (Wildman–Crippen MR) is 101 cm³/mol. The first-order valence-electron chi connectivity index (χ1n) is 8.95. The van der Waals surface area contributed by atoms with E-state index in [0.29, 0.717) is 45.4 Å². The number of H-pyrrole nitrogens is 1. The topological polar surface area (TPSA) is 121 Å². The summed E-state index contributed by atoms with van der Waals surface area (Å²) >= 11 is 0. The van der Waals surface area contributed by atoms with E-state index in [2.05, 4.69) is 26.5 Å². The molecule has 0 unspecified atom stereocenters. The van der Waals surface area contributed by atoms with Gasteiger partial charge in [-0.2, -0.15) is 10.2 Å². The van der Waals surface area contributed by atoms with E-state index in [1.807, 2.05) is 12.1 Å². The molecule has 0 aliphatic heterocycles. The summed E-state index contributed by atoms with van der Waals surface area (Å²) in [4.78, 5) is 18.3. The molecule has 1 aliphatic carbocycles. The zero-order valence-electron chi connectivity index (χ0n) is 14.7. The third kappa shape index (κ3) is 3.03. The SMILES string of the molecule is N#Cc1cc(-c2nc(-c3ccc4oc(=O)[nH]c4c3)no2)ccc1NCC1CC1. The highest BCUT2D eigenvalue weighted by Gasteiger charge is 2.21. The lowest BCUT2D eigenvalue weighted by atomic mass is 10.1. The van der Waals surface area contributed by atoms with Crippen LogP contribution >= 0.6 is 0 Å². The standard InChI is InChI=1S/C20H15N5O3/c21-9-14-7-13(3-5-15(14)22-10-11-1-2-11)19-24-18(25-28-19)12-4-6-17-16(8-12)23-20(26)27-17/h3-8,11,22H,1-2,10H2,(H,23,26). The Balaban J connectivity index is 1.44. The molecule has 5 rings (SSSR count). The number of hydrogen-bond donors (Lipinski definition) is 2. The molecule has 2 aromatic heterocycles. The molecule has 2 heterocycles. The number of benzene rings is 2. The molecule has 2 aromatic carbocycles. The average molecular weight is 373 g/mol. The van der Waals surface area contributed by atoms with Crippen LogP contribution in [-0.2, 0) is 0 Å². The molecule has 138 valence electrons. The van der Waals surface area contributed by atoms with E-state index in [1.54, 1.807) is 24.3 Å². The quantitative estimate of drug-likeness (QED) is 0.549. The number of rotatable bonds is 5. The van der Waals surface area contributed by atoms with Gasteiger partial charge >= 0.3 is 5.76 Å². The first kappa shape index (κ1) is 16.3. The van der Waals surface area contributed by atoms with Crippen LogP contribution in [0.1, 0.15) is 18.4 Å². The minimum atomic E-state index is -0.514. The summed E-state index contributed by atoms with van der Waals surface area (Å²) in [6, 6.07) is 12.8. The van der Waals surface area contributed by atoms with Crippen LogP contribution < -0.4 is 11.1 Å². The van der Waals surface area contributed by atoms with E-state index in [1.165, 1.54) is 12.8 Å². The Kier molecular flexibility index (Phi) is 3.72. The second kappa shape index (κ2) is 6.39. The Morgan fingerprint density at radius 3 is 2.89 bits per heavy atom. The van der Waals surface area contributed by atoms with Crippen molar-refractivity contribution in [2.75, 3.05) is 11.9 Å². The lowest BCUT2D eigenvalue weighted by Gasteiger charge is -2.07. The predicted octanol–water partition coefficient (Wildman–Crippen LogP) is 3.53. The smallest absolute Gasteiger partial charge is 0.408 e. The third-order valence-corrected chi connectivity index (χ3v) is 4.77. The van der Waals surface area contributed by atoms with E-state index >= 15 is 0 Å². The van der Waals surface area contributed by atoms with Crippen molar-refractivity contribution in [1.82, 2.24) is 15.1 Å². The lowest BCUT2D eigenvalue weighted by molar-refractivity contribution is 0.432. The highest BCUT2D eigenvalue weighted by atomic mass is 16.5. The fourth-order valence-corrected chi connectivity index (χ4v) is 3.05. The molecule has 2 N–H and O–H groups in total. The van der Waals surface area contributed by atoms with Gasteiger partial charge in [-0.1, -0.05) is 5.16 Å². The number of aromatic amines is 1. The van der Waals surface area contributed by atoms with Gasteiger partial charge < -0.3 is 14.3 Å². The van der Waals surface area contributed by atoms with Crippen molar-refractivity contribution in [2.45, 2.75) is 12.8 Å². The van der Waals surface area contributed by atoms with Crippen molar-refractivity contribution < 1.29 is 8.94 Å². The maximum atomic E-state index is 11.3. The monoisotopic (exact) mass is 373 g/mol. The normalized spacial score (nSPS) is 13.5. The second-order valence-electron chi connectivity index (χ2n) is 6.85. The molecular formula is C20H15N5O3. The molecule has 0 bridgehead atoms. The van der Waals surface area contributed by atoms with Gasteiger partial charge in [0.2, 0.25) is 5.82 Å². The summed E-state index contributed by atoms with van der Waals surface area (Å²) in [6.45, 7) is 0.886. The molecule has 1 saturated carbocycles. The summed E-state index contributed by atoms with van der Waals surface area (Å²) in [5.74, 6) is 0.905. The van der Waals surface area contributed by atoms with Gasteiger partial charge in [-0.05, 0) is 55.2 Å². The minimum absolute atomic E-state index is 0.320. The molecule has 0 spiro atoms. The maximum absolute atomic E-state index is 11.3. The molecule has 1 aliphatic rings. The van der Waals surface area contributed by atoms with Crippen LogP contribution in [0.4, 0.5) is 5.69 Å². The number of aromatic nitrogens is 3. The Morgan fingerprint density at radius 1 is 1.21 bits per heavy atom. The zero-order valence-corrected chi connectivity index (χ0v) is 14.7. The van der Waals surface area contributed by atoms with Crippen LogP contribution in [0.15, 0.2) is 50.1 Å². The van der Waals surface area contributed by atoms with Crippen molar-refractivity contribution in [3.05, 3.63) is 52.5 Å². The fourth-order valence-electron chi connectivity index (χ4n) is 3.05. The minimum Gasteiger partial charge on any atom is -0.408 e. The van der Waals surface area contributed by atoms with Crippen molar-refractivity contribution >= 4 is 16.8 Å². The van der Waals surface area contributed by atoms with E-state index in [-0.39, 0.29) is 0 Å². The zero-order chi connectivity index (χ0) is 19.1. The number of anilines is 1. The molecule has 8 heteroatoms.